The van der Waals surface area contributed by atoms with E-state index in [9.17, 15) is 19.2 Å². The van der Waals surface area contributed by atoms with E-state index in [0.717, 1.165) is 57.8 Å². The molecular formula is C28H48N6O6. The molecule has 0 aromatic rings. The quantitative estimate of drug-likeness (QED) is 0.107. The Morgan fingerprint density at radius 1 is 1.02 bits per heavy atom. The summed E-state index contributed by atoms with van der Waals surface area (Å²) in [7, 11) is 0. The molecule has 0 aromatic heterocycles. The average molecular weight is 565 g/mol. The van der Waals surface area contributed by atoms with E-state index in [1.54, 1.807) is 4.90 Å². The third kappa shape index (κ3) is 13.3. The molecule has 3 amide bonds. The van der Waals surface area contributed by atoms with Gasteiger partial charge in [0.05, 0.1) is 6.17 Å². The molecule has 12 heteroatoms. The smallest absolute Gasteiger partial charge is 0.267 e. The van der Waals surface area contributed by atoms with Crippen molar-refractivity contribution < 1.29 is 28.8 Å². The fraction of sp³-hybridized carbons (Fsp3) is 0.714. The Hall–Kier alpha value is -3.12. The summed E-state index contributed by atoms with van der Waals surface area (Å²) >= 11 is 0. The molecule has 1 saturated carbocycles. The second-order valence-corrected chi connectivity index (χ2v) is 10.8. The molecule has 1 aliphatic carbocycles. The lowest BCUT2D eigenvalue weighted by molar-refractivity contribution is -0.136. The molecule has 2 heterocycles. The summed E-state index contributed by atoms with van der Waals surface area (Å²) in [4.78, 5) is 66.1. The molecule has 0 bridgehead atoms. The van der Waals surface area contributed by atoms with Gasteiger partial charge in [-0.1, -0.05) is 26.7 Å². The number of nitrogens with one attached hydrogen (secondary N) is 3. The number of hydrogen-bond acceptors (Lipinski definition) is 9. The van der Waals surface area contributed by atoms with Gasteiger partial charge in [-0.25, -0.2) is 0 Å². The zero-order valence-electron chi connectivity index (χ0n) is 24.2. The molecule has 3 atom stereocenters. The summed E-state index contributed by atoms with van der Waals surface area (Å²) in [5.74, 6) is -0.692. The molecule has 226 valence electrons. The average Bonchev–Trinajstić information content (AvgIpc) is 3.63. The van der Waals surface area contributed by atoms with Crippen LogP contribution in [0, 0.1) is 11.8 Å². The maximum Gasteiger partial charge on any atom is 0.267 e. The van der Waals surface area contributed by atoms with Crippen molar-refractivity contribution in [1.29, 1.82) is 0 Å². The monoisotopic (exact) mass is 564 g/mol. The van der Waals surface area contributed by atoms with Crippen LogP contribution in [0.2, 0.25) is 0 Å². The zero-order chi connectivity index (χ0) is 30.1. The molecule has 40 heavy (non-hydrogen) atoms. The topological polar surface area (TPSA) is 194 Å². The Labute approximate surface area is 237 Å². The van der Waals surface area contributed by atoms with Gasteiger partial charge in [0, 0.05) is 37.7 Å². The van der Waals surface area contributed by atoms with Gasteiger partial charge in [-0.3, -0.25) is 34.1 Å². The highest BCUT2D eigenvalue weighted by molar-refractivity contribution is 6.09. The molecule has 3 aliphatic rings. The second-order valence-electron chi connectivity index (χ2n) is 10.8. The third-order valence-corrected chi connectivity index (χ3v) is 7.06. The van der Waals surface area contributed by atoms with Crippen LogP contribution in [0.5, 0.6) is 0 Å². The van der Waals surface area contributed by atoms with E-state index in [-0.39, 0.29) is 53.9 Å². The Bertz CT molecular complexity index is 875. The van der Waals surface area contributed by atoms with Crippen LogP contribution >= 0.6 is 0 Å². The minimum atomic E-state index is -0.612. The number of likely N-dealkylation sites (tertiary alicyclic amines) is 1. The van der Waals surface area contributed by atoms with Gasteiger partial charge in [-0.2, -0.15) is 0 Å². The molecule has 2 saturated heterocycles. The fourth-order valence-corrected chi connectivity index (χ4v) is 4.99. The van der Waals surface area contributed by atoms with Gasteiger partial charge >= 0.3 is 0 Å². The summed E-state index contributed by atoms with van der Waals surface area (Å²) in [6.45, 7) is 7.34. The molecular weight excluding hydrogens is 516 g/mol. The summed E-state index contributed by atoms with van der Waals surface area (Å²) < 4.78 is 0. The van der Waals surface area contributed by atoms with Gasteiger partial charge in [0.25, 0.3) is 5.91 Å². The van der Waals surface area contributed by atoms with Crippen molar-refractivity contribution in [3.05, 3.63) is 11.8 Å². The molecule has 7 N–H and O–H groups in total. The SMILES string of the molecule is CC(=O)/C=C(\N)C(=O)NC(C(=O)N1CCCC1)C(C)C.NC(CC1CCCNC1=O)NC1CCCC1.O=CC=O. The Morgan fingerprint density at radius 3 is 2.12 bits per heavy atom. The highest BCUT2D eigenvalue weighted by atomic mass is 16.2. The Kier molecular flexibility index (Phi) is 16.6. The maximum atomic E-state index is 12.4. The minimum Gasteiger partial charge on any atom is -0.394 e. The van der Waals surface area contributed by atoms with Crippen molar-refractivity contribution in [2.75, 3.05) is 19.6 Å². The molecule has 0 radical (unpaired) electrons. The molecule has 2 aliphatic heterocycles. The van der Waals surface area contributed by atoms with Gasteiger partial charge in [-0.15, -0.1) is 0 Å². The molecule has 3 unspecified atom stereocenters. The molecule has 0 aromatic carbocycles. The second kappa shape index (κ2) is 19.0. The highest BCUT2D eigenvalue weighted by Crippen LogP contribution is 2.20. The Morgan fingerprint density at radius 2 is 1.62 bits per heavy atom. The van der Waals surface area contributed by atoms with Gasteiger partial charge in [0.15, 0.2) is 18.4 Å². The van der Waals surface area contributed by atoms with Crippen molar-refractivity contribution in [2.45, 2.75) is 96.8 Å². The van der Waals surface area contributed by atoms with E-state index in [1.807, 2.05) is 13.8 Å². The number of amides is 3. The lowest BCUT2D eigenvalue weighted by Gasteiger charge is -2.26. The zero-order valence-corrected chi connectivity index (χ0v) is 24.2. The number of rotatable bonds is 10. The van der Waals surface area contributed by atoms with E-state index >= 15 is 0 Å². The largest absolute Gasteiger partial charge is 0.394 e. The summed E-state index contributed by atoms with van der Waals surface area (Å²) in [6.07, 6.45) is 11.4. The Balaban J connectivity index is 0.000000358. The van der Waals surface area contributed by atoms with E-state index in [4.69, 9.17) is 21.1 Å². The van der Waals surface area contributed by atoms with E-state index < -0.39 is 11.9 Å². The summed E-state index contributed by atoms with van der Waals surface area (Å²) in [5.41, 5.74) is 11.4. The van der Waals surface area contributed by atoms with Crippen molar-refractivity contribution in [3.8, 4) is 0 Å². The van der Waals surface area contributed by atoms with Gasteiger partial charge < -0.3 is 27.0 Å². The van der Waals surface area contributed by atoms with Crippen LogP contribution in [0.25, 0.3) is 0 Å². The molecule has 3 rings (SSSR count). The number of carbonyl (C=O) groups is 6. The van der Waals surface area contributed by atoms with Crippen molar-refractivity contribution in [2.24, 2.45) is 23.3 Å². The first-order valence-corrected chi connectivity index (χ1v) is 14.3. The van der Waals surface area contributed by atoms with E-state index in [0.29, 0.717) is 6.04 Å². The van der Waals surface area contributed by atoms with Crippen molar-refractivity contribution in [1.82, 2.24) is 20.9 Å². The van der Waals surface area contributed by atoms with Crippen molar-refractivity contribution in [3.63, 3.8) is 0 Å². The van der Waals surface area contributed by atoms with Gasteiger partial charge in [0.2, 0.25) is 11.8 Å². The minimum absolute atomic E-state index is 0.0167. The predicted octanol–water partition coefficient (Wildman–Crippen LogP) is 0.285. The fourth-order valence-electron chi connectivity index (χ4n) is 4.99. The van der Waals surface area contributed by atoms with Crippen LogP contribution in [0.4, 0.5) is 0 Å². The summed E-state index contributed by atoms with van der Waals surface area (Å²) in [5, 5.41) is 8.98. The van der Waals surface area contributed by atoms with Crippen LogP contribution in [0.3, 0.4) is 0 Å². The number of carbonyl (C=O) groups excluding carboxylic acids is 6. The lowest BCUT2D eigenvalue weighted by atomic mass is 9.94. The first-order chi connectivity index (χ1) is 19.0. The normalized spacial score (nSPS) is 20.7. The number of aldehydes is 2. The molecule has 0 spiro atoms. The van der Waals surface area contributed by atoms with E-state index in [1.165, 1.54) is 32.6 Å². The first kappa shape index (κ1) is 34.9. The van der Waals surface area contributed by atoms with Crippen LogP contribution in [-0.4, -0.2) is 78.9 Å². The van der Waals surface area contributed by atoms with E-state index in [2.05, 4.69) is 16.0 Å². The first-order valence-electron chi connectivity index (χ1n) is 14.3. The maximum absolute atomic E-state index is 12.4. The van der Waals surface area contributed by atoms with Crippen LogP contribution in [0.1, 0.15) is 78.6 Å². The van der Waals surface area contributed by atoms with Crippen LogP contribution in [-0.2, 0) is 28.8 Å². The third-order valence-electron chi connectivity index (χ3n) is 7.06. The van der Waals surface area contributed by atoms with Crippen LogP contribution < -0.4 is 27.4 Å². The number of piperidine rings is 1. The summed E-state index contributed by atoms with van der Waals surface area (Å²) in [6, 6.07) is -0.0267. The highest BCUT2D eigenvalue weighted by Gasteiger charge is 2.30. The molecule has 3 fully saturated rings. The number of nitrogens with two attached hydrogens (primary N) is 2. The van der Waals surface area contributed by atoms with Crippen LogP contribution in [0.15, 0.2) is 11.8 Å². The number of ketones is 1. The predicted molar refractivity (Wildman–Crippen MR) is 151 cm³/mol. The number of allylic oxidation sites excluding steroid dienone is 1. The number of hydrogen-bond donors (Lipinski definition) is 5. The standard InChI is InChI=1S/C14H23N3O3.C12H23N3O.C2H2O2/c1-9(2)12(14(20)17-6-4-5-7-17)16-13(19)11(15)8-10(3)18;13-11(15-10-5-1-2-6-10)8-9-4-3-7-14-12(9)16;3-1-2-4/h8-9,12H,4-7,15H2,1-3H3,(H,16,19);9-11,15H,1-8,13H2,(H,14,16);1-2H/b11-8-;;. The lowest BCUT2D eigenvalue weighted by Crippen LogP contribution is -2.51. The van der Waals surface area contributed by atoms with Crippen molar-refractivity contribution >= 4 is 36.1 Å². The van der Waals surface area contributed by atoms with Gasteiger partial charge in [0.1, 0.15) is 11.7 Å². The molecule has 12 nitrogen and oxygen atoms in total. The van der Waals surface area contributed by atoms with Gasteiger partial charge in [-0.05, 0) is 57.8 Å². The number of nitrogens with zero attached hydrogens (tertiary/aromatic N) is 1.